The van der Waals surface area contributed by atoms with Gasteiger partial charge in [-0.25, -0.2) is 13.2 Å². The third-order valence-corrected chi connectivity index (χ3v) is 3.87. The first kappa shape index (κ1) is 14.5. The fourth-order valence-corrected chi connectivity index (χ4v) is 2.33. The van der Waals surface area contributed by atoms with Crippen molar-refractivity contribution >= 4 is 34.8 Å². The van der Waals surface area contributed by atoms with Crippen LogP contribution in [0.5, 0.6) is 0 Å². The Kier molecular flexibility index (Phi) is 4.29. The first-order chi connectivity index (χ1) is 8.91. The van der Waals surface area contributed by atoms with Crippen molar-refractivity contribution in [2.24, 2.45) is 0 Å². The molecule has 0 heterocycles. The fraction of sp³-hybridized carbons (Fsp3) is 0.0769. The van der Waals surface area contributed by atoms with Crippen molar-refractivity contribution in [3.8, 4) is 11.1 Å². The Morgan fingerprint density at radius 1 is 0.842 bits per heavy atom. The van der Waals surface area contributed by atoms with Gasteiger partial charge in [0, 0.05) is 11.1 Å². The third-order valence-electron chi connectivity index (χ3n) is 2.57. The Morgan fingerprint density at radius 2 is 1.47 bits per heavy atom. The molecule has 0 bridgehead atoms. The molecule has 2 aromatic rings. The molecule has 0 aliphatic heterocycles. The highest BCUT2D eigenvalue weighted by Gasteiger charge is 2.18. The summed E-state index contributed by atoms with van der Waals surface area (Å²) in [6.45, 7) is 0. The molecule has 0 saturated heterocycles. The summed E-state index contributed by atoms with van der Waals surface area (Å²) in [6, 6.07) is 6.01. The summed E-state index contributed by atoms with van der Waals surface area (Å²) < 4.78 is 38.9. The van der Waals surface area contributed by atoms with Gasteiger partial charge in [0.1, 0.15) is 5.82 Å². The Balaban J connectivity index is 2.69. The smallest absolute Gasteiger partial charge is 0.207 e. The summed E-state index contributed by atoms with van der Waals surface area (Å²) in [4.78, 5) is 0. The van der Waals surface area contributed by atoms with E-state index in [1.807, 2.05) is 0 Å². The predicted octanol–water partition coefficient (Wildman–Crippen LogP) is 6.39. The minimum absolute atomic E-state index is 0.0580. The van der Waals surface area contributed by atoms with Crippen LogP contribution in [-0.4, -0.2) is 0 Å². The number of alkyl halides is 2. The number of benzene rings is 2. The summed E-state index contributed by atoms with van der Waals surface area (Å²) in [5.74, 6) is -0.741. The molecule has 0 radical (unpaired) electrons. The Bertz CT molecular complexity index is 627. The Morgan fingerprint density at radius 3 is 2.11 bits per heavy atom. The largest absolute Gasteiger partial charge is 0.264 e. The predicted molar refractivity (Wildman–Crippen MR) is 71.8 cm³/mol. The molecule has 2 rings (SSSR count). The summed E-state index contributed by atoms with van der Waals surface area (Å²) in [7, 11) is 0. The van der Waals surface area contributed by atoms with E-state index in [2.05, 4.69) is 0 Å². The maximum atomic E-state index is 13.1. The summed E-state index contributed by atoms with van der Waals surface area (Å²) in [6.07, 6.45) is -2.82. The number of halogens is 6. The molecule has 0 atom stereocenters. The fourth-order valence-electron chi connectivity index (χ4n) is 1.69. The van der Waals surface area contributed by atoms with E-state index in [1.54, 1.807) is 0 Å². The molecule has 0 fully saturated rings. The van der Waals surface area contributed by atoms with Crippen LogP contribution < -0.4 is 0 Å². The van der Waals surface area contributed by atoms with Gasteiger partial charge in [-0.15, -0.1) is 0 Å². The van der Waals surface area contributed by atoms with E-state index in [9.17, 15) is 13.2 Å². The Labute approximate surface area is 122 Å². The molecule has 0 aromatic heterocycles. The van der Waals surface area contributed by atoms with Crippen LogP contribution in [0.3, 0.4) is 0 Å². The molecule has 2 aromatic carbocycles. The van der Waals surface area contributed by atoms with Gasteiger partial charge in [0.25, 0.3) is 6.43 Å². The molecular weight excluding hydrogens is 319 g/mol. The van der Waals surface area contributed by atoms with Crippen molar-refractivity contribution in [3.63, 3.8) is 0 Å². The lowest BCUT2D eigenvalue weighted by atomic mass is 9.99. The highest BCUT2D eigenvalue weighted by Crippen LogP contribution is 2.41. The van der Waals surface area contributed by atoms with E-state index >= 15 is 0 Å². The zero-order valence-electron chi connectivity index (χ0n) is 9.23. The molecule has 0 aliphatic rings. The lowest BCUT2D eigenvalue weighted by Gasteiger charge is -2.12. The van der Waals surface area contributed by atoms with E-state index in [0.717, 1.165) is 12.1 Å². The van der Waals surface area contributed by atoms with Gasteiger partial charge in [0.15, 0.2) is 0 Å². The van der Waals surface area contributed by atoms with E-state index < -0.39 is 17.8 Å². The third kappa shape index (κ3) is 2.83. The number of rotatable bonds is 2. The van der Waals surface area contributed by atoms with Gasteiger partial charge >= 0.3 is 0 Å². The zero-order chi connectivity index (χ0) is 14.2. The molecular formula is C13H6Cl3F3. The van der Waals surface area contributed by atoms with Gasteiger partial charge in [0.05, 0.1) is 15.1 Å². The lowest BCUT2D eigenvalue weighted by molar-refractivity contribution is 0.151. The second-order valence-electron chi connectivity index (χ2n) is 3.76. The summed E-state index contributed by atoms with van der Waals surface area (Å²) in [5, 5.41) is 0.351. The van der Waals surface area contributed by atoms with Crippen molar-refractivity contribution in [3.05, 3.63) is 56.8 Å². The first-order valence-electron chi connectivity index (χ1n) is 5.13. The second-order valence-corrected chi connectivity index (χ2v) is 4.92. The van der Waals surface area contributed by atoms with Crippen LogP contribution in [0.2, 0.25) is 15.1 Å². The van der Waals surface area contributed by atoms with Crippen LogP contribution in [0.4, 0.5) is 13.2 Å². The lowest BCUT2D eigenvalue weighted by Crippen LogP contribution is -1.93. The van der Waals surface area contributed by atoms with Crippen molar-refractivity contribution in [1.82, 2.24) is 0 Å². The average Bonchev–Trinajstić information content (AvgIpc) is 2.37. The van der Waals surface area contributed by atoms with Crippen molar-refractivity contribution in [2.75, 3.05) is 0 Å². The highest BCUT2D eigenvalue weighted by atomic mass is 35.5. The van der Waals surface area contributed by atoms with Crippen LogP contribution in [0.1, 0.15) is 12.0 Å². The molecule has 0 amide bonds. The normalized spacial score (nSPS) is 11.1. The van der Waals surface area contributed by atoms with Gasteiger partial charge in [-0.05, 0) is 23.8 Å². The van der Waals surface area contributed by atoms with Crippen LogP contribution >= 0.6 is 34.8 Å². The summed E-state index contributed by atoms with van der Waals surface area (Å²) >= 11 is 17.6. The van der Waals surface area contributed by atoms with Gasteiger partial charge < -0.3 is 0 Å². The molecule has 0 unspecified atom stereocenters. The van der Waals surface area contributed by atoms with E-state index in [1.165, 1.54) is 18.2 Å². The maximum absolute atomic E-state index is 13.1. The maximum Gasteiger partial charge on any atom is 0.264 e. The second kappa shape index (κ2) is 5.61. The zero-order valence-corrected chi connectivity index (χ0v) is 11.5. The van der Waals surface area contributed by atoms with Gasteiger partial charge in [-0.1, -0.05) is 46.9 Å². The average molecular weight is 326 g/mol. The van der Waals surface area contributed by atoms with E-state index in [0.29, 0.717) is 0 Å². The topological polar surface area (TPSA) is 0 Å². The molecule has 0 spiro atoms. The highest BCUT2D eigenvalue weighted by molar-refractivity contribution is 6.49. The monoisotopic (exact) mass is 324 g/mol. The van der Waals surface area contributed by atoms with Gasteiger partial charge in [-0.3, -0.25) is 0 Å². The van der Waals surface area contributed by atoms with Crippen molar-refractivity contribution in [2.45, 2.75) is 6.43 Å². The Hall–Kier alpha value is -0.900. The van der Waals surface area contributed by atoms with Gasteiger partial charge in [0.2, 0.25) is 0 Å². The van der Waals surface area contributed by atoms with Crippen LogP contribution in [0.15, 0.2) is 30.3 Å². The van der Waals surface area contributed by atoms with E-state index in [-0.39, 0.29) is 26.2 Å². The minimum atomic E-state index is -2.82. The summed E-state index contributed by atoms with van der Waals surface area (Å²) in [5.41, 5.74) is -0.0355. The molecule has 100 valence electrons. The molecule has 0 saturated carbocycles. The molecule has 0 aliphatic carbocycles. The van der Waals surface area contributed by atoms with E-state index in [4.69, 9.17) is 34.8 Å². The van der Waals surface area contributed by atoms with Gasteiger partial charge in [-0.2, -0.15) is 0 Å². The number of hydrogen-bond acceptors (Lipinski definition) is 0. The molecule has 19 heavy (non-hydrogen) atoms. The quantitative estimate of drug-likeness (QED) is 0.561. The van der Waals surface area contributed by atoms with Crippen LogP contribution in [0, 0.1) is 5.82 Å². The van der Waals surface area contributed by atoms with Crippen molar-refractivity contribution in [1.29, 1.82) is 0 Å². The molecule has 0 N–H and O–H groups in total. The first-order valence-corrected chi connectivity index (χ1v) is 6.26. The standard InChI is InChI=1S/C13H6Cl3F3/c14-10-4-3-8(11(15)12(10)16)7-2-1-6(17)5-9(7)13(18)19/h1-5,13H. The van der Waals surface area contributed by atoms with Crippen LogP contribution in [0.25, 0.3) is 11.1 Å². The van der Waals surface area contributed by atoms with Crippen LogP contribution in [-0.2, 0) is 0 Å². The molecule has 0 nitrogen and oxygen atoms in total. The van der Waals surface area contributed by atoms with Crippen molar-refractivity contribution < 1.29 is 13.2 Å². The SMILES string of the molecule is Fc1ccc(-c2ccc(Cl)c(Cl)c2Cl)c(C(F)F)c1. The number of hydrogen-bond donors (Lipinski definition) is 0. The minimum Gasteiger partial charge on any atom is -0.207 e. The molecule has 6 heteroatoms.